The van der Waals surface area contributed by atoms with Crippen LogP contribution in [0.4, 0.5) is 17.1 Å². The molecule has 0 saturated carbocycles. The van der Waals surface area contributed by atoms with E-state index in [-0.39, 0.29) is 10.8 Å². The fraction of sp³-hybridized carbons (Fsp3) is 0.103. The van der Waals surface area contributed by atoms with Gasteiger partial charge in [0.2, 0.25) is 0 Å². The van der Waals surface area contributed by atoms with Crippen LogP contribution in [0, 0.1) is 0 Å². The molecule has 9 aromatic carbocycles. The van der Waals surface area contributed by atoms with E-state index in [2.05, 4.69) is 231 Å². The molecule has 2 aliphatic rings. The van der Waals surface area contributed by atoms with Crippen LogP contribution in [0.2, 0.25) is 0 Å². The molecular formula is C58H44N2. The zero-order valence-electron chi connectivity index (χ0n) is 34.4. The molecule has 60 heavy (non-hydrogen) atoms. The maximum atomic E-state index is 2.53. The van der Waals surface area contributed by atoms with E-state index in [9.17, 15) is 0 Å². The summed E-state index contributed by atoms with van der Waals surface area (Å²) in [5.41, 5.74) is 20.0. The molecule has 286 valence electrons. The molecule has 1 aromatic heterocycles. The van der Waals surface area contributed by atoms with Gasteiger partial charge in [0.1, 0.15) is 0 Å². The molecule has 0 bridgehead atoms. The largest absolute Gasteiger partial charge is 0.310 e. The van der Waals surface area contributed by atoms with E-state index >= 15 is 0 Å². The van der Waals surface area contributed by atoms with Gasteiger partial charge in [-0.1, -0.05) is 167 Å². The molecule has 2 nitrogen and oxygen atoms in total. The van der Waals surface area contributed by atoms with Crippen LogP contribution in [-0.4, -0.2) is 4.57 Å². The van der Waals surface area contributed by atoms with Crippen LogP contribution in [0.5, 0.6) is 0 Å². The van der Waals surface area contributed by atoms with Crippen LogP contribution >= 0.6 is 0 Å². The zero-order valence-corrected chi connectivity index (χ0v) is 34.4. The number of aromatic nitrogens is 1. The minimum Gasteiger partial charge on any atom is -0.310 e. The first-order valence-corrected chi connectivity index (χ1v) is 21.2. The number of nitrogens with zero attached hydrogens (tertiary/aromatic N) is 2. The molecule has 12 rings (SSSR count). The third-order valence-corrected chi connectivity index (χ3v) is 13.8. The number of anilines is 3. The highest BCUT2D eigenvalue weighted by Crippen LogP contribution is 2.56. The van der Waals surface area contributed by atoms with E-state index < -0.39 is 0 Å². The summed E-state index contributed by atoms with van der Waals surface area (Å²) in [5, 5.41) is 4.95. The number of hydrogen-bond acceptors (Lipinski definition) is 1. The molecule has 0 N–H and O–H groups in total. The lowest BCUT2D eigenvalue weighted by Crippen LogP contribution is -2.17. The standard InChI is InChI=1S/C58H44N2/c1-57(2)50-24-13-9-22-46(50)56-51(57)25-16-28-55(56)59(40-31-32-43-42-19-8-12-23-49(42)58(3,4)52(43)36-40)39-30-29-38-33-41(35-47(48(38)34-39)37-17-6-5-7-18-37)60-53-26-14-10-20-44(53)45-21-11-15-27-54(45)60/h5-36H,1-4H3. The summed E-state index contributed by atoms with van der Waals surface area (Å²) in [5.74, 6) is 0. The van der Waals surface area contributed by atoms with E-state index in [4.69, 9.17) is 0 Å². The minimum absolute atomic E-state index is 0.123. The number of rotatable bonds is 5. The van der Waals surface area contributed by atoms with Crippen LogP contribution in [0.25, 0.3) is 71.6 Å². The average molecular weight is 769 g/mol. The molecule has 0 unspecified atom stereocenters. The second-order valence-corrected chi connectivity index (χ2v) is 17.7. The molecule has 0 aliphatic heterocycles. The molecule has 0 spiro atoms. The lowest BCUT2D eigenvalue weighted by molar-refractivity contribution is 0.660. The summed E-state index contributed by atoms with van der Waals surface area (Å²) < 4.78 is 2.44. The van der Waals surface area contributed by atoms with E-state index in [1.807, 2.05) is 0 Å². The van der Waals surface area contributed by atoms with Gasteiger partial charge in [0, 0.05) is 44.2 Å². The third-order valence-electron chi connectivity index (χ3n) is 13.8. The Balaban J connectivity index is 1.13. The number of benzene rings is 9. The summed E-state index contributed by atoms with van der Waals surface area (Å²) in [6.45, 7) is 9.50. The van der Waals surface area contributed by atoms with Crippen molar-refractivity contribution in [3.05, 3.63) is 216 Å². The predicted octanol–water partition coefficient (Wildman–Crippen LogP) is 15.7. The molecule has 10 aromatic rings. The van der Waals surface area contributed by atoms with Crippen molar-refractivity contribution in [2.45, 2.75) is 38.5 Å². The Morgan fingerprint density at radius 2 is 0.950 bits per heavy atom. The van der Waals surface area contributed by atoms with Crippen molar-refractivity contribution in [3.8, 4) is 39.1 Å². The van der Waals surface area contributed by atoms with Crippen LogP contribution in [0.3, 0.4) is 0 Å². The van der Waals surface area contributed by atoms with Gasteiger partial charge >= 0.3 is 0 Å². The number of hydrogen-bond donors (Lipinski definition) is 0. The van der Waals surface area contributed by atoms with Crippen LogP contribution in [0.1, 0.15) is 49.9 Å². The van der Waals surface area contributed by atoms with Gasteiger partial charge in [0.15, 0.2) is 0 Å². The highest BCUT2D eigenvalue weighted by Gasteiger charge is 2.39. The Morgan fingerprint density at radius 3 is 1.70 bits per heavy atom. The van der Waals surface area contributed by atoms with E-state index in [0.717, 1.165) is 17.1 Å². The Hall–Kier alpha value is -7.16. The maximum Gasteiger partial charge on any atom is 0.0543 e. The predicted molar refractivity (Wildman–Crippen MR) is 254 cm³/mol. The Bertz CT molecular complexity index is 3330. The monoisotopic (exact) mass is 768 g/mol. The molecule has 0 amide bonds. The fourth-order valence-corrected chi connectivity index (χ4v) is 10.8. The molecule has 0 saturated heterocycles. The van der Waals surface area contributed by atoms with Gasteiger partial charge in [0.05, 0.1) is 16.7 Å². The fourth-order valence-electron chi connectivity index (χ4n) is 10.8. The van der Waals surface area contributed by atoms with Crippen molar-refractivity contribution < 1.29 is 0 Å². The first-order chi connectivity index (χ1) is 29.3. The molecular weight excluding hydrogens is 725 g/mol. The van der Waals surface area contributed by atoms with Gasteiger partial charge in [-0.3, -0.25) is 0 Å². The summed E-state index contributed by atoms with van der Waals surface area (Å²) in [7, 11) is 0. The first kappa shape index (κ1) is 34.8. The van der Waals surface area contributed by atoms with Gasteiger partial charge in [-0.05, 0) is 115 Å². The topological polar surface area (TPSA) is 8.17 Å². The molecule has 0 radical (unpaired) electrons. The quantitative estimate of drug-likeness (QED) is 0.169. The maximum absolute atomic E-state index is 2.53. The minimum atomic E-state index is -0.131. The zero-order chi connectivity index (χ0) is 40.3. The molecule has 1 heterocycles. The van der Waals surface area contributed by atoms with Crippen molar-refractivity contribution in [3.63, 3.8) is 0 Å². The highest BCUT2D eigenvalue weighted by molar-refractivity contribution is 6.10. The van der Waals surface area contributed by atoms with E-state index in [0.29, 0.717) is 0 Å². The molecule has 0 fully saturated rings. The van der Waals surface area contributed by atoms with Crippen LogP contribution < -0.4 is 4.90 Å². The first-order valence-electron chi connectivity index (χ1n) is 21.2. The lowest BCUT2D eigenvalue weighted by Gasteiger charge is -2.31. The molecule has 2 heteroatoms. The summed E-state index contributed by atoms with van der Waals surface area (Å²) in [6.07, 6.45) is 0. The number of para-hydroxylation sites is 2. The van der Waals surface area contributed by atoms with Crippen molar-refractivity contribution in [2.75, 3.05) is 4.90 Å². The van der Waals surface area contributed by atoms with E-state index in [1.165, 1.54) is 93.9 Å². The second-order valence-electron chi connectivity index (χ2n) is 17.7. The average Bonchev–Trinajstić information content (AvgIpc) is 3.84. The number of fused-ring (bicyclic) bond motifs is 10. The summed E-state index contributed by atoms with van der Waals surface area (Å²) >= 11 is 0. The van der Waals surface area contributed by atoms with Crippen molar-refractivity contribution >= 4 is 49.6 Å². The highest BCUT2D eigenvalue weighted by atomic mass is 15.1. The third kappa shape index (κ3) is 4.88. The van der Waals surface area contributed by atoms with Crippen molar-refractivity contribution in [1.29, 1.82) is 0 Å². The summed E-state index contributed by atoms with van der Waals surface area (Å²) in [4.78, 5) is 2.53. The SMILES string of the molecule is CC1(C)c2ccccc2-c2ccc(N(c3ccc4cc(-n5c6ccccc6c6ccccc65)cc(-c5ccccc5)c4c3)c3cccc4c3-c3ccccc3C4(C)C)cc21. The Kier molecular flexibility index (Phi) is 7.36. The second kappa shape index (κ2) is 12.7. The normalized spacial score (nSPS) is 14.3. The smallest absolute Gasteiger partial charge is 0.0543 e. The van der Waals surface area contributed by atoms with Gasteiger partial charge < -0.3 is 9.47 Å². The van der Waals surface area contributed by atoms with Crippen LogP contribution in [-0.2, 0) is 10.8 Å². The van der Waals surface area contributed by atoms with Gasteiger partial charge in [-0.25, -0.2) is 0 Å². The summed E-state index contributed by atoms with van der Waals surface area (Å²) in [6, 6.07) is 72.4. The molecule has 2 aliphatic carbocycles. The van der Waals surface area contributed by atoms with Gasteiger partial charge in [-0.2, -0.15) is 0 Å². The van der Waals surface area contributed by atoms with E-state index in [1.54, 1.807) is 0 Å². The Morgan fingerprint density at radius 1 is 0.383 bits per heavy atom. The lowest BCUT2D eigenvalue weighted by atomic mass is 9.82. The van der Waals surface area contributed by atoms with Crippen LogP contribution in [0.15, 0.2) is 194 Å². The Labute approximate surface area is 351 Å². The van der Waals surface area contributed by atoms with Gasteiger partial charge in [-0.15, -0.1) is 0 Å². The molecule has 0 atom stereocenters. The van der Waals surface area contributed by atoms with Crippen molar-refractivity contribution in [2.24, 2.45) is 0 Å². The van der Waals surface area contributed by atoms with Gasteiger partial charge in [0.25, 0.3) is 0 Å². The van der Waals surface area contributed by atoms with Crippen molar-refractivity contribution in [1.82, 2.24) is 4.57 Å².